The molecule has 0 saturated carbocycles. The number of anilines is 1. The molecule has 2 aromatic heterocycles. The number of rotatable bonds is 5. The van der Waals surface area contributed by atoms with E-state index in [-0.39, 0.29) is 5.91 Å². The maximum Gasteiger partial charge on any atom is 0.227 e. The largest absolute Gasteiger partial charge is 0.315 e. The lowest BCUT2D eigenvalue weighted by Gasteiger charge is -2.31. The molecule has 26 heavy (non-hydrogen) atoms. The van der Waals surface area contributed by atoms with Crippen LogP contribution in [0.25, 0.3) is 0 Å². The monoisotopic (exact) mass is 374 g/mol. The minimum Gasteiger partial charge on any atom is -0.315 e. The summed E-state index contributed by atoms with van der Waals surface area (Å²) in [5.74, 6) is 2.93. The van der Waals surface area contributed by atoms with E-state index in [4.69, 9.17) is 0 Å². The first kappa shape index (κ1) is 17.6. The van der Waals surface area contributed by atoms with E-state index >= 15 is 0 Å². The van der Waals surface area contributed by atoms with E-state index in [0.717, 1.165) is 45.4 Å². The number of thiazole rings is 1. The predicted octanol–water partition coefficient (Wildman–Crippen LogP) is 2.67. The third-order valence-electron chi connectivity index (χ3n) is 5.42. The number of hydrogen-bond acceptors (Lipinski definition) is 6. The molecule has 0 spiro atoms. The molecule has 0 unspecified atom stereocenters. The molecule has 0 bridgehead atoms. The van der Waals surface area contributed by atoms with Gasteiger partial charge in [-0.05, 0) is 38.8 Å². The van der Waals surface area contributed by atoms with Crippen LogP contribution in [-0.4, -0.2) is 50.2 Å². The van der Waals surface area contributed by atoms with Crippen LogP contribution in [0, 0.1) is 0 Å². The van der Waals surface area contributed by atoms with Crippen LogP contribution in [0.2, 0.25) is 0 Å². The topological polar surface area (TPSA) is 75.9 Å². The SMILES string of the molecule is O=C(CCN1CCC(c2nnc3n2CCCCC3)CC1)Nc1nccs1. The molecule has 2 aromatic rings. The van der Waals surface area contributed by atoms with Gasteiger partial charge in [0.1, 0.15) is 11.6 Å². The summed E-state index contributed by atoms with van der Waals surface area (Å²) < 4.78 is 2.38. The molecule has 7 nitrogen and oxygen atoms in total. The third-order valence-corrected chi connectivity index (χ3v) is 6.11. The Kier molecular flexibility index (Phi) is 5.59. The van der Waals surface area contributed by atoms with Gasteiger partial charge in [-0.1, -0.05) is 6.42 Å². The molecule has 1 saturated heterocycles. The molecule has 1 amide bonds. The maximum atomic E-state index is 12.0. The summed E-state index contributed by atoms with van der Waals surface area (Å²) in [7, 11) is 0. The molecule has 4 heterocycles. The Bertz CT molecular complexity index is 720. The number of aryl methyl sites for hydroxylation is 1. The lowest BCUT2D eigenvalue weighted by atomic mass is 9.95. The van der Waals surface area contributed by atoms with Crippen LogP contribution in [0.5, 0.6) is 0 Å². The summed E-state index contributed by atoms with van der Waals surface area (Å²) in [5.41, 5.74) is 0. The second-order valence-electron chi connectivity index (χ2n) is 7.19. The molecule has 8 heteroatoms. The first-order valence-electron chi connectivity index (χ1n) is 9.63. The molecule has 0 radical (unpaired) electrons. The van der Waals surface area contributed by atoms with Crippen molar-refractivity contribution in [2.45, 2.75) is 57.4 Å². The van der Waals surface area contributed by atoms with Crippen LogP contribution in [0.1, 0.15) is 56.1 Å². The molecular formula is C18H26N6OS. The lowest BCUT2D eigenvalue weighted by Crippen LogP contribution is -2.35. The fraction of sp³-hybridized carbons (Fsp3) is 0.667. The Morgan fingerprint density at radius 3 is 2.88 bits per heavy atom. The number of nitrogens with one attached hydrogen (secondary N) is 1. The quantitative estimate of drug-likeness (QED) is 0.871. The van der Waals surface area contributed by atoms with Crippen LogP contribution in [-0.2, 0) is 17.8 Å². The molecule has 0 aromatic carbocycles. The number of likely N-dealkylation sites (tertiary alicyclic amines) is 1. The molecule has 1 N–H and O–H groups in total. The highest BCUT2D eigenvalue weighted by Crippen LogP contribution is 2.29. The Morgan fingerprint density at radius 1 is 1.19 bits per heavy atom. The maximum absolute atomic E-state index is 12.0. The fourth-order valence-corrected chi connectivity index (χ4v) is 4.50. The van der Waals surface area contributed by atoms with E-state index in [9.17, 15) is 4.79 Å². The number of amides is 1. The van der Waals surface area contributed by atoms with Crippen molar-refractivity contribution in [1.29, 1.82) is 0 Å². The van der Waals surface area contributed by atoms with Gasteiger partial charge in [-0.15, -0.1) is 21.5 Å². The first-order chi connectivity index (χ1) is 12.8. The van der Waals surface area contributed by atoms with Crippen LogP contribution in [0.4, 0.5) is 5.13 Å². The highest BCUT2D eigenvalue weighted by Gasteiger charge is 2.26. The van der Waals surface area contributed by atoms with Crippen molar-refractivity contribution in [2.75, 3.05) is 25.0 Å². The van der Waals surface area contributed by atoms with Crippen LogP contribution in [0.15, 0.2) is 11.6 Å². The van der Waals surface area contributed by atoms with E-state index in [2.05, 4.69) is 30.0 Å². The number of fused-ring (bicyclic) bond motifs is 1. The standard InChI is InChI=1S/C18H26N6OS/c25-16(20-18-19-8-13-26-18)7-12-23-10-5-14(6-11-23)17-22-21-15-4-2-1-3-9-24(15)17/h8,13-14H,1-7,9-12H2,(H,19,20,25). The van der Waals surface area contributed by atoms with Gasteiger partial charge < -0.3 is 14.8 Å². The Balaban J connectivity index is 1.25. The van der Waals surface area contributed by atoms with Crippen molar-refractivity contribution in [2.24, 2.45) is 0 Å². The Morgan fingerprint density at radius 2 is 2.08 bits per heavy atom. The van der Waals surface area contributed by atoms with Crippen LogP contribution in [0.3, 0.4) is 0 Å². The van der Waals surface area contributed by atoms with Crippen molar-refractivity contribution in [3.8, 4) is 0 Å². The number of nitrogens with zero attached hydrogens (tertiary/aromatic N) is 5. The van der Waals surface area contributed by atoms with Crippen molar-refractivity contribution in [3.05, 3.63) is 23.2 Å². The number of carbonyl (C=O) groups is 1. The molecular weight excluding hydrogens is 348 g/mol. The minimum atomic E-state index is 0.0462. The molecule has 2 aliphatic rings. The summed E-state index contributed by atoms with van der Waals surface area (Å²) in [6.45, 7) is 3.94. The van der Waals surface area contributed by atoms with Gasteiger partial charge in [-0.25, -0.2) is 4.98 Å². The van der Waals surface area contributed by atoms with Crippen molar-refractivity contribution >= 4 is 22.4 Å². The van der Waals surface area contributed by atoms with Gasteiger partial charge in [0, 0.05) is 43.4 Å². The zero-order chi connectivity index (χ0) is 17.8. The van der Waals surface area contributed by atoms with Gasteiger partial charge in [0.2, 0.25) is 5.91 Å². The van der Waals surface area contributed by atoms with Gasteiger partial charge in [-0.2, -0.15) is 0 Å². The average Bonchev–Trinajstić information content (AvgIpc) is 3.25. The Hall–Kier alpha value is -1.80. The van der Waals surface area contributed by atoms with Crippen LogP contribution < -0.4 is 5.32 Å². The van der Waals surface area contributed by atoms with Crippen LogP contribution >= 0.6 is 11.3 Å². The Labute approximate surface area is 157 Å². The van der Waals surface area contributed by atoms with Gasteiger partial charge in [-0.3, -0.25) is 4.79 Å². The second-order valence-corrected chi connectivity index (χ2v) is 8.08. The first-order valence-corrected chi connectivity index (χ1v) is 10.5. The summed E-state index contributed by atoms with van der Waals surface area (Å²) in [5, 5.41) is 14.4. The molecule has 140 valence electrons. The second kappa shape index (κ2) is 8.26. The molecule has 0 aliphatic carbocycles. The van der Waals surface area contributed by atoms with E-state index in [1.54, 1.807) is 6.20 Å². The third kappa shape index (κ3) is 4.12. The van der Waals surface area contributed by atoms with Gasteiger partial charge in [0.15, 0.2) is 5.13 Å². The minimum absolute atomic E-state index is 0.0462. The van der Waals surface area contributed by atoms with Crippen molar-refractivity contribution < 1.29 is 4.79 Å². The lowest BCUT2D eigenvalue weighted by molar-refractivity contribution is -0.116. The van der Waals surface area contributed by atoms with Crippen molar-refractivity contribution in [1.82, 2.24) is 24.6 Å². The van der Waals surface area contributed by atoms with E-state index in [0.29, 0.717) is 17.5 Å². The molecule has 2 aliphatic heterocycles. The highest BCUT2D eigenvalue weighted by molar-refractivity contribution is 7.13. The van der Waals surface area contributed by atoms with Gasteiger partial charge in [0.05, 0.1) is 0 Å². The molecule has 4 rings (SSSR count). The van der Waals surface area contributed by atoms with Gasteiger partial charge in [0.25, 0.3) is 0 Å². The molecule has 1 fully saturated rings. The zero-order valence-corrected chi connectivity index (χ0v) is 15.9. The smallest absolute Gasteiger partial charge is 0.227 e. The molecule has 0 atom stereocenters. The summed E-state index contributed by atoms with van der Waals surface area (Å²) >= 11 is 1.45. The van der Waals surface area contributed by atoms with E-state index in [1.165, 1.54) is 42.2 Å². The predicted molar refractivity (Wildman–Crippen MR) is 101 cm³/mol. The van der Waals surface area contributed by atoms with E-state index < -0.39 is 0 Å². The van der Waals surface area contributed by atoms with Gasteiger partial charge >= 0.3 is 0 Å². The summed E-state index contributed by atoms with van der Waals surface area (Å²) in [6.07, 6.45) is 9.27. The zero-order valence-electron chi connectivity index (χ0n) is 15.1. The normalized spacial score (nSPS) is 19.1. The summed E-state index contributed by atoms with van der Waals surface area (Å²) in [6, 6.07) is 0. The fourth-order valence-electron chi connectivity index (χ4n) is 3.95. The van der Waals surface area contributed by atoms with E-state index in [1.807, 2.05) is 5.38 Å². The number of carbonyl (C=O) groups excluding carboxylic acids is 1. The number of piperidine rings is 1. The highest BCUT2D eigenvalue weighted by atomic mass is 32.1. The number of aromatic nitrogens is 4. The van der Waals surface area contributed by atoms with Crippen molar-refractivity contribution in [3.63, 3.8) is 0 Å². The average molecular weight is 375 g/mol. The summed E-state index contributed by atoms with van der Waals surface area (Å²) in [4.78, 5) is 18.5. The number of hydrogen-bond donors (Lipinski definition) is 1.